The van der Waals surface area contributed by atoms with Crippen LogP contribution in [0.4, 0.5) is 0 Å². The fourth-order valence-electron chi connectivity index (χ4n) is 15.4. The summed E-state index contributed by atoms with van der Waals surface area (Å²) in [5.41, 5.74) is 16.7. The van der Waals surface area contributed by atoms with Crippen LogP contribution >= 0.6 is 0 Å². The molecule has 0 unspecified atom stereocenters. The Kier molecular flexibility index (Phi) is 32.9. The molecule has 0 saturated heterocycles. The number of aromatic amines is 2. The maximum atomic E-state index is 12.0. The SMILES string of the molecule is CCCCCCCCCCCCc1ccc(-c2c3nc(c(-c4ccc(CCCCCCCCCCCC)c(O)c4)c4ccc([nH]4)c(-c4ccc(CCCCCCCCCCCC)c(O)c4)c4nc(c(-c5ccc(CCCCCCCCCCCC)c(O)c5)c5ccc2[nH]5)C=C4)C=C3)cc1O. The predicted molar refractivity (Wildman–Crippen MR) is 429 cm³/mol. The number of unbranched alkanes of at least 4 members (excludes halogenated alkanes) is 36. The van der Waals surface area contributed by atoms with Gasteiger partial charge in [-0.15, -0.1) is 0 Å². The van der Waals surface area contributed by atoms with Gasteiger partial charge in [0.05, 0.1) is 22.8 Å². The van der Waals surface area contributed by atoms with Crippen molar-refractivity contribution in [2.24, 2.45) is 0 Å². The van der Waals surface area contributed by atoms with Crippen LogP contribution in [0.2, 0.25) is 0 Å². The Labute approximate surface area is 603 Å². The number of phenolic OH excluding ortho intramolecular Hbond substituents is 4. The largest absolute Gasteiger partial charge is 0.508 e. The van der Waals surface area contributed by atoms with Gasteiger partial charge in [0, 0.05) is 44.3 Å². The van der Waals surface area contributed by atoms with E-state index in [-0.39, 0.29) is 23.0 Å². The minimum Gasteiger partial charge on any atom is -0.508 e. The molecule has 3 aromatic heterocycles. The summed E-state index contributed by atoms with van der Waals surface area (Å²) in [4.78, 5) is 19.0. The molecule has 7 aromatic rings. The van der Waals surface area contributed by atoms with Gasteiger partial charge in [-0.05, 0) is 169 Å². The van der Waals surface area contributed by atoms with E-state index in [1.807, 2.05) is 24.3 Å². The molecule has 0 saturated carbocycles. The second kappa shape index (κ2) is 42.8. The maximum absolute atomic E-state index is 12.0. The smallest absolute Gasteiger partial charge is 0.119 e. The molecule has 0 radical (unpaired) electrons. The fourth-order valence-corrected chi connectivity index (χ4v) is 15.4. The molecule has 8 heteroatoms. The number of aryl methyl sites for hydroxylation is 4. The van der Waals surface area contributed by atoms with E-state index in [4.69, 9.17) is 9.97 Å². The summed E-state index contributed by atoms with van der Waals surface area (Å²) in [5, 5.41) is 48.0. The van der Waals surface area contributed by atoms with Crippen molar-refractivity contribution in [3.8, 4) is 67.5 Å². The zero-order chi connectivity index (χ0) is 69.9. The predicted octanol–water partition coefficient (Wildman–Crippen LogP) is 28.0. The zero-order valence-electron chi connectivity index (χ0n) is 62.3. The first kappa shape index (κ1) is 76.9. The molecule has 0 aliphatic carbocycles. The van der Waals surface area contributed by atoms with Crippen LogP contribution in [0.25, 0.3) is 90.9 Å². The van der Waals surface area contributed by atoms with E-state index in [2.05, 4.69) is 135 Å². The summed E-state index contributed by atoms with van der Waals surface area (Å²) in [5.74, 6) is 1.13. The van der Waals surface area contributed by atoms with Gasteiger partial charge in [0.1, 0.15) is 23.0 Å². The number of H-pyrrole nitrogens is 2. The van der Waals surface area contributed by atoms with Crippen LogP contribution in [0.5, 0.6) is 23.0 Å². The molecule has 0 atom stereocenters. The van der Waals surface area contributed by atoms with Crippen LogP contribution in [0.3, 0.4) is 0 Å². The van der Waals surface area contributed by atoms with Crippen molar-refractivity contribution >= 4 is 46.4 Å². The van der Waals surface area contributed by atoms with E-state index in [0.717, 1.165) is 189 Å². The van der Waals surface area contributed by atoms with Crippen molar-refractivity contribution in [3.05, 3.63) is 142 Å². The van der Waals surface area contributed by atoms with E-state index in [1.54, 1.807) is 0 Å². The minimum absolute atomic E-state index is 0.282. The lowest BCUT2D eigenvalue weighted by Crippen LogP contribution is -1.93. The number of nitrogens with one attached hydrogen (secondary N) is 2. The number of rotatable bonds is 48. The second-order valence-electron chi connectivity index (χ2n) is 29.6. The third kappa shape index (κ3) is 23.4. The number of aromatic nitrogens is 4. The highest BCUT2D eigenvalue weighted by Crippen LogP contribution is 2.42. The Bertz CT molecular complexity index is 3360. The van der Waals surface area contributed by atoms with Gasteiger partial charge in [-0.25, -0.2) is 9.97 Å². The highest BCUT2D eigenvalue weighted by Gasteiger charge is 2.22. The zero-order valence-corrected chi connectivity index (χ0v) is 62.3. The first-order chi connectivity index (χ1) is 49.2. The molecule has 5 heterocycles. The Morgan fingerprint density at radius 2 is 0.410 bits per heavy atom. The average molecular weight is 1350 g/mol. The Morgan fingerprint density at radius 1 is 0.230 bits per heavy atom. The molecule has 100 heavy (non-hydrogen) atoms. The van der Waals surface area contributed by atoms with E-state index >= 15 is 0 Å². The van der Waals surface area contributed by atoms with Crippen molar-refractivity contribution in [1.29, 1.82) is 0 Å². The Balaban J connectivity index is 1.12. The van der Waals surface area contributed by atoms with Crippen LogP contribution in [-0.2, 0) is 25.7 Å². The third-order valence-electron chi connectivity index (χ3n) is 21.4. The molecule has 538 valence electrons. The number of hydrogen-bond donors (Lipinski definition) is 6. The van der Waals surface area contributed by atoms with Gasteiger partial charge in [0.15, 0.2) is 0 Å². The monoisotopic (exact) mass is 1350 g/mol. The molecule has 2 aliphatic heterocycles. The Hall–Kier alpha value is -7.32. The van der Waals surface area contributed by atoms with Crippen LogP contribution < -0.4 is 0 Å². The quantitative estimate of drug-likeness (QED) is 0.0210. The molecule has 9 rings (SSSR count). The number of benzene rings is 4. The van der Waals surface area contributed by atoms with Gasteiger partial charge in [0.2, 0.25) is 0 Å². The van der Waals surface area contributed by atoms with Crippen molar-refractivity contribution < 1.29 is 20.4 Å². The number of nitrogens with zero attached hydrogens (tertiary/aromatic N) is 2. The molecular formula is C92H126N4O4. The van der Waals surface area contributed by atoms with Crippen molar-refractivity contribution in [3.63, 3.8) is 0 Å². The lowest BCUT2D eigenvalue weighted by Gasteiger charge is -2.11. The van der Waals surface area contributed by atoms with Gasteiger partial charge < -0.3 is 30.4 Å². The van der Waals surface area contributed by atoms with Crippen molar-refractivity contribution in [2.45, 2.75) is 310 Å². The standard InChI is InChI=1S/C92H126N4O4/c1-5-9-13-17-21-25-29-33-37-41-45-69-49-53-73(65-85(69)97)89-77-57-59-79(93-77)90(74-54-50-70(86(98)66-74)46-42-38-34-30-26-22-18-14-10-6-2)81-61-63-83(95-81)92(76-56-52-72(88(100)68-76)48-44-40-36-32-28-24-20-16-12-8-4)84-64-62-82(96-84)91(80-60-58-78(89)94-80)75-55-51-71(87(99)67-75)47-43-39-35-31-27-23-19-15-11-7-3/h49-68,93,96-100H,5-48H2,1-4H3. The summed E-state index contributed by atoms with van der Waals surface area (Å²) in [6.45, 7) is 9.10. The molecule has 8 bridgehead atoms. The average Bonchev–Trinajstić information content (AvgIpc) is 1.60. The van der Waals surface area contributed by atoms with Crippen molar-refractivity contribution in [1.82, 2.24) is 19.9 Å². The normalized spacial score (nSPS) is 12.0. The highest BCUT2D eigenvalue weighted by molar-refractivity contribution is 6.00. The van der Waals surface area contributed by atoms with Crippen molar-refractivity contribution in [2.75, 3.05) is 0 Å². The number of hydrogen-bond acceptors (Lipinski definition) is 6. The van der Waals surface area contributed by atoms with Gasteiger partial charge >= 0.3 is 0 Å². The summed E-state index contributed by atoms with van der Waals surface area (Å²) >= 11 is 0. The minimum atomic E-state index is 0.282. The van der Waals surface area contributed by atoms with Gasteiger partial charge in [0.25, 0.3) is 0 Å². The molecule has 4 aromatic carbocycles. The Morgan fingerprint density at radius 3 is 0.590 bits per heavy atom. The molecule has 0 amide bonds. The van der Waals surface area contributed by atoms with Gasteiger partial charge in [-0.1, -0.05) is 307 Å². The van der Waals surface area contributed by atoms with Crippen LogP contribution in [-0.4, -0.2) is 40.4 Å². The molecule has 6 N–H and O–H groups in total. The van der Waals surface area contributed by atoms with E-state index in [0.29, 0.717) is 0 Å². The lowest BCUT2D eigenvalue weighted by molar-refractivity contribution is 0.465. The number of aromatic hydroxyl groups is 4. The second-order valence-corrected chi connectivity index (χ2v) is 29.6. The molecule has 2 aliphatic rings. The fraction of sp³-hybridized carbons (Fsp3) is 0.522. The van der Waals surface area contributed by atoms with E-state index in [9.17, 15) is 20.4 Å². The van der Waals surface area contributed by atoms with Crippen LogP contribution in [0.1, 0.15) is 330 Å². The summed E-state index contributed by atoms with van der Waals surface area (Å²) in [7, 11) is 0. The summed E-state index contributed by atoms with van der Waals surface area (Å²) in [6, 6.07) is 33.1. The van der Waals surface area contributed by atoms with E-state index in [1.165, 1.54) is 205 Å². The summed E-state index contributed by atoms with van der Waals surface area (Å²) in [6.07, 6.45) is 62.0. The molecule has 8 nitrogen and oxygen atoms in total. The summed E-state index contributed by atoms with van der Waals surface area (Å²) < 4.78 is 0. The third-order valence-corrected chi connectivity index (χ3v) is 21.4. The van der Waals surface area contributed by atoms with Crippen LogP contribution in [0.15, 0.2) is 97.1 Å². The number of phenols is 4. The highest BCUT2D eigenvalue weighted by atomic mass is 16.3. The lowest BCUT2D eigenvalue weighted by atomic mass is 9.98. The maximum Gasteiger partial charge on any atom is 0.119 e. The molecular weight excluding hydrogens is 1230 g/mol. The van der Waals surface area contributed by atoms with Gasteiger partial charge in [-0.3, -0.25) is 0 Å². The first-order valence-corrected chi connectivity index (χ1v) is 40.6. The van der Waals surface area contributed by atoms with Crippen LogP contribution in [0, 0.1) is 0 Å². The number of fused-ring (bicyclic) bond motifs is 8. The van der Waals surface area contributed by atoms with Gasteiger partial charge in [-0.2, -0.15) is 0 Å². The molecule has 0 spiro atoms. The van der Waals surface area contributed by atoms with E-state index < -0.39 is 0 Å². The molecule has 0 fully saturated rings. The first-order valence-electron chi connectivity index (χ1n) is 40.6. The topological polar surface area (TPSA) is 138 Å².